The zero-order valence-corrected chi connectivity index (χ0v) is 19.8. The summed E-state index contributed by atoms with van der Waals surface area (Å²) < 4.78 is 17.0. The minimum Gasteiger partial charge on any atom is -0.453 e. The van der Waals surface area contributed by atoms with E-state index in [1.165, 1.54) is 0 Å². The van der Waals surface area contributed by atoms with Crippen LogP contribution >= 0.6 is 0 Å². The van der Waals surface area contributed by atoms with Gasteiger partial charge in [0.2, 0.25) is 0 Å². The summed E-state index contributed by atoms with van der Waals surface area (Å²) in [5.74, 6) is -0.528. The van der Waals surface area contributed by atoms with Crippen molar-refractivity contribution in [2.24, 2.45) is 5.73 Å². The molecule has 4 N–H and O–H groups in total. The average Bonchev–Trinajstić information content (AvgIpc) is 2.90. The van der Waals surface area contributed by atoms with E-state index in [1.807, 2.05) is 73.7 Å². The summed E-state index contributed by atoms with van der Waals surface area (Å²) in [5, 5.41) is 18.7. The van der Waals surface area contributed by atoms with Gasteiger partial charge in [0.05, 0.1) is 31.0 Å². The summed E-state index contributed by atoms with van der Waals surface area (Å²) in [6.45, 7) is 2.63. The van der Waals surface area contributed by atoms with Crippen molar-refractivity contribution in [3.63, 3.8) is 0 Å². The number of hydrogen-bond donors (Lipinski definition) is 3. The fraction of sp³-hybridized carbons (Fsp3) is 0.321. The lowest BCUT2D eigenvalue weighted by Crippen LogP contribution is -2.48. The zero-order valence-electron chi connectivity index (χ0n) is 19.8. The highest BCUT2D eigenvalue weighted by Crippen LogP contribution is 2.26. The Morgan fingerprint density at radius 3 is 2.14 bits per heavy atom. The largest absolute Gasteiger partial charge is 0.453 e. The molecule has 0 spiro atoms. The van der Waals surface area contributed by atoms with E-state index in [-0.39, 0.29) is 25.4 Å². The third-order valence-electron chi connectivity index (χ3n) is 5.71. The molecule has 7 heteroatoms. The van der Waals surface area contributed by atoms with Gasteiger partial charge in [0.15, 0.2) is 12.4 Å². The Labute approximate surface area is 206 Å². The predicted octanol–water partition coefficient (Wildman–Crippen LogP) is 3.56. The molecule has 1 fully saturated rings. The number of carbonyl (C=O) groups is 1. The minimum absolute atomic E-state index is 0.140. The first-order valence-corrected chi connectivity index (χ1v) is 11.6. The zero-order chi connectivity index (χ0) is 25.0. The van der Waals surface area contributed by atoms with E-state index in [1.54, 1.807) is 18.2 Å². The number of esters is 1. The van der Waals surface area contributed by atoms with Gasteiger partial charge < -0.3 is 30.2 Å². The highest BCUT2D eigenvalue weighted by atomic mass is 16.7. The monoisotopic (exact) mass is 479 g/mol. The molecule has 0 aromatic heterocycles. The molecule has 0 bridgehead atoms. The van der Waals surface area contributed by atoms with E-state index in [0.717, 1.165) is 11.1 Å². The van der Waals surface area contributed by atoms with E-state index in [2.05, 4.69) is 0 Å². The second kappa shape index (κ2) is 13.7. The normalized spacial score (nSPS) is 21.5. The molecule has 0 saturated carbocycles. The molecule has 186 valence electrons. The molecule has 1 heterocycles. The Bertz CT molecular complexity index is 1030. The fourth-order valence-corrected chi connectivity index (χ4v) is 3.70. The van der Waals surface area contributed by atoms with Crippen LogP contribution in [0.5, 0.6) is 0 Å². The van der Waals surface area contributed by atoms with Crippen molar-refractivity contribution in [3.05, 3.63) is 107 Å². The summed E-state index contributed by atoms with van der Waals surface area (Å²) in [4.78, 5) is 12.5. The molecule has 3 aromatic rings. The second-order valence-corrected chi connectivity index (χ2v) is 8.25. The van der Waals surface area contributed by atoms with Crippen molar-refractivity contribution in [2.45, 2.75) is 57.7 Å². The molecule has 0 radical (unpaired) electrons. The van der Waals surface area contributed by atoms with E-state index in [4.69, 9.17) is 25.1 Å². The number of hydrogen-bond acceptors (Lipinski definition) is 7. The molecule has 1 saturated heterocycles. The molecule has 7 nitrogen and oxygen atoms in total. The maximum Gasteiger partial charge on any atom is 0.338 e. The highest BCUT2D eigenvalue weighted by molar-refractivity contribution is 5.91. The molecule has 0 amide bonds. The summed E-state index contributed by atoms with van der Waals surface area (Å²) >= 11 is 0. The SMILES string of the molecule is C[C@@H]1O[C@@H](O)[C@H](OC(=O)c2ccccc2CN)C[C@H]1OCc1ccccc1.OCc1ccccc1. The minimum atomic E-state index is -1.19. The lowest BCUT2D eigenvalue weighted by atomic mass is 10.0. The summed E-state index contributed by atoms with van der Waals surface area (Å²) in [6, 6.07) is 26.3. The average molecular weight is 480 g/mol. The maximum atomic E-state index is 12.5. The topological polar surface area (TPSA) is 111 Å². The standard InChI is InChI=1S/C21H25NO5.C7H8O/c1-14-18(25-13-15-7-3-2-4-8-15)11-19(21(24)26-14)27-20(23)17-10-6-5-9-16(17)12-22;8-6-7-4-2-1-3-5-7/h2-10,14,18-19,21,24H,11-13,22H2,1H3;1-5,8H,6H2/t14-,18+,19+,21+;/m0./s1. The van der Waals surface area contributed by atoms with Crippen LogP contribution in [0.2, 0.25) is 0 Å². The molecule has 0 aliphatic carbocycles. The first kappa shape index (κ1) is 26.5. The van der Waals surface area contributed by atoms with Gasteiger partial charge in [-0.3, -0.25) is 0 Å². The maximum absolute atomic E-state index is 12.5. The number of rotatable bonds is 7. The number of ether oxygens (including phenoxy) is 3. The van der Waals surface area contributed by atoms with Crippen LogP contribution in [-0.2, 0) is 34.0 Å². The van der Waals surface area contributed by atoms with Crippen LogP contribution in [0.3, 0.4) is 0 Å². The van der Waals surface area contributed by atoms with Gasteiger partial charge in [-0.05, 0) is 29.7 Å². The van der Waals surface area contributed by atoms with Crippen molar-refractivity contribution >= 4 is 5.97 Å². The first-order chi connectivity index (χ1) is 17.0. The van der Waals surface area contributed by atoms with Crippen LogP contribution in [0.25, 0.3) is 0 Å². The number of aliphatic hydroxyl groups is 2. The number of benzene rings is 3. The van der Waals surface area contributed by atoms with Crippen molar-refractivity contribution in [3.8, 4) is 0 Å². The Morgan fingerprint density at radius 2 is 1.54 bits per heavy atom. The molecular weight excluding hydrogens is 446 g/mol. The molecule has 35 heavy (non-hydrogen) atoms. The lowest BCUT2D eigenvalue weighted by molar-refractivity contribution is -0.249. The van der Waals surface area contributed by atoms with Crippen molar-refractivity contribution in [1.82, 2.24) is 0 Å². The fourth-order valence-electron chi connectivity index (χ4n) is 3.70. The predicted molar refractivity (Wildman–Crippen MR) is 132 cm³/mol. The first-order valence-electron chi connectivity index (χ1n) is 11.6. The number of nitrogens with two attached hydrogens (primary N) is 1. The van der Waals surface area contributed by atoms with Gasteiger partial charge in [0, 0.05) is 13.0 Å². The summed E-state index contributed by atoms with van der Waals surface area (Å²) in [6.07, 6.45) is -2.25. The summed E-state index contributed by atoms with van der Waals surface area (Å²) in [5.41, 5.74) is 8.78. The molecule has 4 atom stereocenters. The molecule has 1 aliphatic heterocycles. The van der Waals surface area contributed by atoms with E-state index in [0.29, 0.717) is 24.2 Å². The molecule has 3 aromatic carbocycles. The van der Waals surface area contributed by atoms with Gasteiger partial charge in [-0.2, -0.15) is 0 Å². The number of aliphatic hydroxyl groups excluding tert-OH is 2. The second-order valence-electron chi connectivity index (χ2n) is 8.25. The van der Waals surface area contributed by atoms with Gasteiger partial charge in [0.25, 0.3) is 0 Å². The van der Waals surface area contributed by atoms with Gasteiger partial charge in [-0.1, -0.05) is 78.9 Å². The van der Waals surface area contributed by atoms with E-state index >= 15 is 0 Å². The van der Waals surface area contributed by atoms with Gasteiger partial charge in [-0.25, -0.2) is 4.79 Å². The van der Waals surface area contributed by atoms with Gasteiger partial charge in [-0.15, -0.1) is 0 Å². The van der Waals surface area contributed by atoms with Gasteiger partial charge >= 0.3 is 5.97 Å². The van der Waals surface area contributed by atoms with Crippen LogP contribution in [0, 0.1) is 0 Å². The Kier molecular flexibility index (Phi) is 10.4. The Balaban J connectivity index is 0.000000363. The third-order valence-corrected chi connectivity index (χ3v) is 5.71. The van der Waals surface area contributed by atoms with Crippen molar-refractivity contribution < 1.29 is 29.2 Å². The van der Waals surface area contributed by atoms with E-state index < -0.39 is 18.4 Å². The molecule has 4 rings (SSSR count). The van der Waals surface area contributed by atoms with Crippen LogP contribution in [0.15, 0.2) is 84.9 Å². The smallest absolute Gasteiger partial charge is 0.338 e. The van der Waals surface area contributed by atoms with Crippen molar-refractivity contribution in [2.75, 3.05) is 0 Å². The Morgan fingerprint density at radius 1 is 0.943 bits per heavy atom. The van der Waals surface area contributed by atoms with Gasteiger partial charge in [0.1, 0.15) is 0 Å². The summed E-state index contributed by atoms with van der Waals surface area (Å²) in [7, 11) is 0. The molecule has 1 aliphatic rings. The van der Waals surface area contributed by atoms with Crippen LogP contribution in [0.1, 0.15) is 40.4 Å². The van der Waals surface area contributed by atoms with Crippen molar-refractivity contribution in [1.29, 1.82) is 0 Å². The quantitative estimate of drug-likeness (QED) is 0.444. The van der Waals surface area contributed by atoms with Crippen LogP contribution in [-0.4, -0.2) is 40.8 Å². The van der Waals surface area contributed by atoms with Crippen LogP contribution < -0.4 is 5.73 Å². The third kappa shape index (κ3) is 7.99. The Hall–Kier alpha value is -3.07. The lowest BCUT2D eigenvalue weighted by Gasteiger charge is -2.37. The number of carbonyl (C=O) groups excluding carboxylic acids is 1. The van der Waals surface area contributed by atoms with Crippen LogP contribution in [0.4, 0.5) is 0 Å². The van der Waals surface area contributed by atoms with E-state index in [9.17, 15) is 9.90 Å². The highest BCUT2D eigenvalue weighted by Gasteiger charge is 2.38. The molecule has 0 unspecified atom stereocenters. The molecular formula is C28H33NO6.